The van der Waals surface area contributed by atoms with Gasteiger partial charge in [-0.3, -0.25) is 4.79 Å². The van der Waals surface area contributed by atoms with Crippen LogP contribution in [-0.2, 0) is 21.2 Å². The number of amides is 1. The predicted molar refractivity (Wildman–Crippen MR) is 103 cm³/mol. The van der Waals surface area contributed by atoms with Gasteiger partial charge >= 0.3 is 0 Å². The molecule has 0 bridgehead atoms. The van der Waals surface area contributed by atoms with Crippen LogP contribution in [0, 0.1) is 5.92 Å². The lowest BCUT2D eigenvalue weighted by molar-refractivity contribution is -0.126. The molecular formula is C19H23ClN2O4S. The second-order valence-corrected chi connectivity index (χ2v) is 9.00. The average molecular weight is 411 g/mol. The molecular weight excluding hydrogens is 388 g/mol. The van der Waals surface area contributed by atoms with Crippen molar-refractivity contribution in [3.05, 3.63) is 53.4 Å². The Labute approximate surface area is 164 Å². The van der Waals surface area contributed by atoms with Gasteiger partial charge in [0.15, 0.2) is 0 Å². The molecule has 1 fully saturated rings. The third kappa shape index (κ3) is 5.12. The number of aryl methyl sites for hydroxylation is 1. The normalized spacial score (nSPS) is 18.3. The molecule has 6 nitrogen and oxygen atoms in total. The first kappa shape index (κ1) is 19.9. The van der Waals surface area contributed by atoms with Gasteiger partial charge in [-0.1, -0.05) is 11.6 Å². The van der Waals surface area contributed by atoms with Crippen molar-refractivity contribution in [1.82, 2.24) is 9.62 Å². The van der Waals surface area contributed by atoms with Gasteiger partial charge in [-0.15, -0.1) is 0 Å². The highest BCUT2D eigenvalue weighted by molar-refractivity contribution is 7.89. The zero-order chi connectivity index (χ0) is 19.3. The molecule has 1 saturated heterocycles. The van der Waals surface area contributed by atoms with Crippen LogP contribution in [0.15, 0.2) is 52.0 Å². The molecule has 0 unspecified atom stereocenters. The highest BCUT2D eigenvalue weighted by Gasteiger charge is 2.33. The Morgan fingerprint density at radius 3 is 2.74 bits per heavy atom. The molecule has 0 radical (unpaired) electrons. The first-order valence-corrected chi connectivity index (χ1v) is 10.8. The summed E-state index contributed by atoms with van der Waals surface area (Å²) in [5.74, 6) is 0.469. The smallest absolute Gasteiger partial charge is 0.243 e. The number of halogens is 1. The monoisotopic (exact) mass is 410 g/mol. The molecule has 2 heterocycles. The number of carbonyl (C=O) groups is 1. The van der Waals surface area contributed by atoms with Crippen molar-refractivity contribution in [2.45, 2.75) is 30.6 Å². The lowest BCUT2D eigenvalue weighted by Crippen LogP contribution is -2.45. The van der Waals surface area contributed by atoms with Crippen LogP contribution in [0.4, 0.5) is 0 Å². The van der Waals surface area contributed by atoms with Gasteiger partial charge in [-0.25, -0.2) is 8.42 Å². The van der Waals surface area contributed by atoms with Gasteiger partial charge < -0.3 is 9.73 Å². The maximum atomic E-state index is 12.8. The third-order valence-corrected chi connectivity index (χ3v) is 6.82. The van der Waals surface area contributed by atoms with Crippen molar-refractivity contribution in [2.24, 2.45) is 5.92 Å². The number of nitrogens with zero attached hydrogens (tertiary/aromatic N) is 1. The number of piperidine rings is 1. The summed E-state index contributed by atoms with van der Waals surface area (Å²) < 4.78 is 32.3. The standard InChI is InChI=1S/C19H23ClN2O4S/c20-16-7-9-18(10-8-16)27(24,25)22-12-2-4-15(14-22)19(23)21-11-1-5-17-6-3-13-26-17/h3,6-10,13,15H,1-2,4-5,11-12,14H2,(H,21,23)/t15-/m0/s1. The van der Waals surface area contributed by atoms with E-state index in [1.165, 1.54) is 16.4 Å². The fourth-order valence-corrected chi connectivity index (χ4v) is 4.85. The highest BCUT2D eigenvalue weighted by Crippen LogP contribution is 2.24. The second-order valence-electron chi connectivity index (χ2n) is 6.63. The molecule has 2 aromatic rings. The van der Waals surface area contributed by atoms with Crippen molar-refractivity contribution in [3.8, 4) is 0 Å². The van der Waals surface area contributed by atoms with Gasteiger partial charge in [0.25, 0.3) is 0 Å². The fourth-order valence-electron chi connectivity index (χ4n) is 3.20. The average Bonchev–Trinajstić information content (AvgIpc) is 3.19. The van der Waals surface area contributed by atoms with E-state index < -0.39 is 10.0 Å². The van der Waals surface area contributed by atoms with Gasteiger partial charge in [0.05, 0.1) is 17.1 Å². The van der Waals surface area contributed by atoms with Crippen LogP contribution in [-0.4, -0.2) is 38.3 Å². The van der Waals surface area contributed by atoms with Crippen molar-refractivity contribution in [3.63, 3.8) is 0 Å². The Morgan fingerprint density at radius 1 is 1.26 bits per heavy atom. The summed E-state index contributed by atoms with van der Waals surface area (Å²) in [6, 6.07) is 9.85. The van der Waals surface area contributed by atoms with E-state index in [9.17, 15) is 13.2 Å². The minimum absolute atomic E-state index is 0.0922. The van der Waals surface area contributed by atoms with Gasteiger partial charge in [-0.05, 0) is 55.7 Å². The number of hydrogen-bond donors (Lipinski definition) is 1. The number of benzene rings is 1. The van der Waals surface area contributed by atoms with E-state index in [0.29, 0.717) is 31.0 Å². The summed E-state index contributed by atoms with van der Waals surface area (Å²) in [5, 5.41) is 3.40. The van der Waals surface area contributed by atoms with Crippen LogP contribution < -0.4 is 5.32 Å². The van der Waals surface area contributed by atoms with Gasteiger partial charge in [0.2, 0.25) is 15.9 Å². The lowest BCUT2D eigenvalue weighted by Gasteiger charge is -2.31. The van der Waals surface area contributed by atoms with Crippen molar-refractivity contribution >= 4 is 27.5 Å². The zero-order valence-corrected chi connectivity index (χ0v) is 16.5. The first-order valence-electron chi connectivity index (χ1n) is 9.02. The number of furan rings is 1. The molecule has 1 amide bonds. The van der Waals surface area contributed by atoms with Crippen molar-refractivity contribution < 1.29 is 17.6 Å². The highest BCUT2D eigenvalue weighted by atomic mass is 35.5. The summed E-state index contributed by atoms with van der Waals surface area (Å²) in [6.07, 6.45) is 4.52. The quantitative estimate of drug-likeness (QED) is 0.711. The van der Waals surface area contributed by atoms with E-state index in [2.05, 4.69) is 5.32 Å². The van der Waals surface area contributed by atoms with Crippen molar-refractivity contribution in [1.29, 1.82) is 0 Å². The summed E-state index contributed by atoms with van der Waals surface area (Å²) in [5.41, 5.74) is 0. The lowest BCUT2D eigenvalue weighted by atomic mass is 9.99. The number of hydrogen-bond acceptors (Lipinski definition) is 4. The van der Waals surface area contributed by atoms with Crippen LogP contribution in [0.25, 0.3) is 0 Å². The maximum Gasteiger partial charge on any atom is 0.243 e. The van der Waals surface area contributed by atoms with Gasteiger partial charge in [0.1, 0.15) is 5.76 Å². The van der Waals surface area contributed by atoms with Crippen molar-refractivity contribution in [2.75, 3.05) is 19.6 Å². The predicted octanol–water partition coefficient (Wildman–Crippen LogP) is 3.08. The summed E-state index contributed by atoms with van der Waals surface area (Å²) in [7, 11) is -3.62. The third-order valence-electron chi connectivity index (χ3n) is 4.69. The molecule has 1 atom stereocenters. The Balaban J connectivity index is 1.53. The molecule has 1 aliphatic rings. The maximum absolute atomic E-state index is 12.8. The van der Waals surface area contributed by atoms with Crippen LogP contribution in [0.2, 0.25) is 5.02 Å². The van der Waals surface area contributed by atoms with E-state index in [0.717, 1.165) is 18.6 Å². The first-order chi connectivity index (χ1) is 13.0. The van der Waals surface area contributed by atoms with Gasteiger partial charge in [-0.2, -0.15) is 4.31 Å². The number of sulfonamides is 1. The fraction of sp³-hybridized carbons (Fsp3) is 0.421. The summed E-state index contributed by atoms with van der Waals surface area (Å²) >= 11 is 5.84. The molecule has 1 aromatic carbocycles. The zero-order valence-electron chi connectivity index (χ0n) is 14.9. The minimum Gasteiger partial charge on any atom is -0.469 e. The molecule has 0 aliphatic carbocycles. The molecule has 8 heteroatoms. The summed E-state index contributed by atoms with van der Waals surface area (Å²) in [6.45, 7) is 1.17. The van der Waals surface area contributed by atoms with Crippen LogP contribution >= 0.6 is 11.6 Å². The Hall–Kier alpha value is -1.83. The van der Waals surface area contributed by atoms with Crippen LogP contribution in [0.5, 0.6) is 0 Å². The number of nitrogens with one attached hydrogen (secondary N) is 1. The van der Waals surface area contributed by atoms with Gasteiger partial charge in [0, 0.05) is 31.1 Å². The topological polar surface area (TPSA) is 79.6 Å². The largest absolute Gasteiger partial charge is 0.469 e. The Bertz CT molecular complexity index is 850. The Morgan fingerprint density at radius 2 is 2.04 bits per heavy atom. The molecule has 146 valence electrons. The van der Waals surface area contributed by atoms with E-state index in [1.54, 1.807) is 18.4 Å². The van der Waals surface area contributed by atoms with Crippen LogP contribution in [0.3, 0.4) is 0 Å². The molecule has 27 heavy (non-hydrogen) atoms. The van der Waals surface area contributed by atoms with Crippen LogP contribution in [0.1, 0.15) is 25.0 Å². The molecule has 1 aliphatic heterocycles. The number of carbonyl (C=O) groups excluding carboxylic acids is 1. The summed E-state index contributed by atoms with van der Waals surface area (Å²) in [4.78, 5) is 12.6. The molecule has 0 spiro atoms. The molecule has 0 saturated carbocycles. The van der Waals surface area contributed by atoms with E-state index >= 15 is 0 Å². The van der Waals surface area contributed by atoms with E-state index in [4.69, 9.17) is 16.0 Å². The number of rotatable bonds is 7. The minimum atomic E-state index is -3.62. The molecule has 1 N–H and O–H groups in total. The second kappa shape index (κ2) is 8.91. The SMILES string of the molecule is O=C(NCCCc1ccco1)[C@H]1CCCN(S(=O)(=O)c2ccc(Cl)cc2)C1. The van der Waals surface area contributed by atoms with E-state index in [1.807, 2.05) is 12.1 Å². The van der Waals surface area contributed by atoms with E-state index in [-0.39, 0.29) is 23.3 Å². The molecule has 3 rings (SSSR count). The molecule has 1 aromatic heterocycles. The Kier molecular flexibility index (Phi) is 6.57.